The summed E-state index contributed by atoms with van der Waals surface area (Å²) >= 11 is 0. The number of ether oxygens (including phenoxy) is 1. The Morgan fingerprint density at radius 3 is 2.68 bits per heavy atom. The number of hydrogen-bond donors (Lipinski definition) is 1. The van der Waals surface area contributed by atoms with Gasteiger partial charge in [-0.1, -0.05) is 30.3 Å². The summed E-state index contributed by atoms with van der Waals surface area (Å²) in [5, 5.41) is 2.85. The second-order valence-corrected chi connectivity index (χ2v) is 5.82. The number of rotatable bonds is 6. The Balaban J connectivity index is 1.52. The maximum atomic E-state index is 12.5. The van der Waals surface area contributed by atoms with Gasteiger partial charge in [0.2, 0.25) is 5.91 Å². The van der Waals surface area contributed by atoms with E-state index in [0.29, 0.717) is 19.6 Å². The number of hydrogen-bond acceptors (Lipinski definition) is 3. The first-order chi connectivity index (χ1) is 12.2. The Morgan fingerprint density at radius 2 is 1.92 bits per heavy atom. The summed E-state index contributed by atoms with van der Waals surface area (Å²) in [7, 11) is 1.61. The first-order valence-electron chi connectivity index (χ1n) is 8.18. The molecule has 3 rings (SSSR count). The molecule has 6 nitrogen and oxygen atoms in total. The minimum Gasteiger partial charge on any atom is -0.497 e. The summed E-state index contributed by atoms with van der Waals surface area (Å²) in [5.41, 5.74) is 1.80. The molecule has 0 unspecified atom stereocenters. The van der Waals surface area contributed by atoms with Crippen molar-refractivity contribution >= 4 is 17.6 Å². The summed E-state index contributed by atoms with van der Waals surface area (Å²) < 4.78 is 5.17. The van der Waals surface area contributed by atoms with Crippen molar-refractivity contribution in [2.24, 2.45) is 0 Å². The number of anilines is 1. The number of carbonyl (C=O) groups excluding carboxylic acids is 2. The first kappa shape index (κ1) is 16.8. The molecule has 2 aromatic rings. The average Bonchev–Trinajstić information content (AvgIpc) is 3.01. The van der Waals surface area contributed by atoms with Gasteiger partial charge in [-0.15, -0.1) is 0 Å². The van der Waals surface area contributed by atoms with E-state index in [1.54, 1.807) is 16.9 Å². The van der Waals surface area contributed by atoms with Gasteiger partial charge in [0.1, 0.15) is 12.3 Å². The predicted octanol–water partition coefficient (Wildman–Crippen LogP) is 2.25. The lowest BCUT2D eigenvalue weighted by atomic mass is 10.2. The monoisotopic (exact) mass is 339 g/mol. The van der Waals surface area contributed by atoms with Crippen LogP contribution in [0.25, 0.3) is 0 Å². The molecule has 1 fully saturated rings. The lowest BCUT2D eigenvalue weighted by Gasteiger charge is -2.18. The second kappa shape index (κ2) is 7.70. The van der Waals surface area contributed by atoms with Crippen molar-refractivity contribution in [2.45, 2.75) is 6.54 Å². The van der Waals surface area contributed by atoms with E-state index >= 15 is 0 Å². The number of para-hydroxylation sites is 1. The molecule has 0 saturated carbocycles. The van der Waals surface area contributed by atoms with Crippen LogP contribution in [0.4, 0.5) is 10.5 Å². The molecule has 2 aromatic carbocycles. The van der Waals surface area contributed by atoms with Crippen LogP contribution in [0.3, 0.4) is 0 Å². The SMILES string of the molecule is COc1cccc(CNC(=O)CN2CCN(c3ccccc3)C2=O)c1. The van der Waals surface area contributed by atoms with Crippen LogP contribution in [-0.2, 0) is 11.3 Å². The van der Waals surface area contributed by atoms with E-state index in [1.807, 2.05) is 54.6 Å². The zero-order valence-electron chi connectivity index (χ0n) is 14.1. The fourth-order valence-electron chi connectivity index (χ4n) is 2.79. The maximum Gasteiger partial charge on any atom is 0.325 e. The third kappa shape index (κ3) is 4.09. The van der Waals surface area contributed by atoms with E-state index in [4.69, 9.17) is 4.74 Å². The molecule has 0 bridgehead atoms. The Morgan fingerprint density at radius 1 is 1.12 bits per heavy atom. The van der Waals surface area contributed by atoms with Crippen LogP contribution in [0, 0.1) is 0 Å². The van der Waals surface area contributed by atoms with Crippen molar-refractivity contribution in [3.63, 3.8) is 0 Å². The molecule has 130 valence electrons. The van der Waals surface area contributed by atoms with Gasteiger partial charge in [0.15, 0.2) is 0 Å². The number of benzene rings is 2. The highest BCUT2D eigenvalue weighted by molar-refractivity contribution is 5.96. The van der Waals surface area contributed by atoms with Crippen molar-refractivity contribution < 1.29 is 14.3 Å². The van der Waals surface area contributed by atoms with Crippen LogP contribution >= 0.6 is 0 Å². The van der Waals surface area contributed by atoms with Crippen molar-refractivity contribution in [1.82, 2.24) is 10.2 Å². The fourth-order valence-corrected chi connectivity index (χ4v) is 2.79. The number of amides is 3. The number of methoxy groups -OCH3 is 1. The molecule has 1 saturated heterocycles. The Hall–Kier alpha value is -3.02. The molecule has 3 amide bonds. The van der Waals surface area contributed by atoms with Gasteiger partial charge in [0.05, 0.1) is 7.11 Å². The van der Waals surface area contributed by atoms with Gasteiger partial charge < -0.3 is 15.0 Å². The minimum absolute atomic E-state index is 0.0616. The lowest BCUT2D eigenvalue weighted by Crippen LogP contribution is -2.39. The van der Waals surface area contributed by atoms with Crippen LogP contribution < -0.4 is 15.0 Å². The molecule has 0 atom stereocenters. The summed E-state index contributed by atoms with van der Waals surface area (Å²) in [4.78, 5) is 27.9. The van der Waals surface area contributed by atoms with Crippen LogP contribution in [0.2, 0.25) is 0 Å². The summed E-state index contributed by atoms with van der Waals surface area (Å²) in [6, 6.07) is 16.9. The molecule has 0 radical (unpaired) electrons. The summed E-state index contributed by atoms with van der Waals surface area (Å²) in [6.07, 6.45) is 0. The van der Waals surface area contributed by atoms with E-state index in [1.165, 1.54) is 0 Å². The van der Waals surface area contributed by atoms with Gasteiger partial charge in [0, 0.05) is 25.3 Å². The molecule has 1 aliphatic heterocycles. The Kier molecular flexibility index (Phi) is 5.18. The Bertz CT molecular complexity index is 749. The van der Waals surface area contributed by atoms with Crippen LogP contribution in [0.1, 0.15) is 5.56 Å². The molecule has 0 spiro atoms. The highest BCUT2D eigenvalue weighted by Crippen LogP contribution is 2.19. The summed E-state index contributed by atoms with van der Waals surface area (Å²) in [6.45, 7) is 1.60. The van der Waals surface area contributed by atoms with Gasteiger partial charge in [-0.3, -0.25) is 9.69 Å². The van der Waals surface area contributed by atoms with E-state index in [0.717, 1.165) is 17.0 Å². The molecule has 0 aromatic heterocycles. The standard InChI is InChI=1S/C19H21N3O3/c1-25-17-9-5-6-15(12-17)13-20-18(23)14-21-10-11-22(19(21)24)16-7-3-2-4-8-16/h2-9,12H,10-11,13-14H2,1H3,(H,20,23). The first-order valence-corrected chi connectivity index (χ1v) is 8.18. The quantitative estimate of drug-likeness (QED) is 0.878. The lowest BCUT2D eigenvalue weighted by molar-refractivity contribution is -0.121. The van der Waals surface area contributed by atoms with E-state index in [9.17, 15) is 9.59 Å². The normalized spacial score (nSPS) is 13.9. The van der Waals surface area contributed by atoms with E-state index in [2.05, 4.69) is 5.32 Å². The van der Waals surface area contributed by atoms with E-state index < -0.39 is 0 Å². The van der Waals surface area contributed by atoms with Gasteiger partial charge in [-0.2, -0.15) is 0 Å². The topological polar surface area (TPSA) is 61.9 Å². The molecular formula is C19H21N3O3. The average molecular weight is 339 g/mol. The predicted molar refractivity (Wildman–Crippen MR) is 95.6 cm³/mol. The molecule has 1 aliphatic rings. The van der Waals surface area contributed by atoms with Gasteiger partial charge >= 0.3 is 6.03 Å². The fraction of sp³-hybridized carbons (Fsp3) is 0.263. The molecule has 1 N–H and O–H groups in total. The number of nitrogens with zero attached hydrogens (tertiary/aromatic N) is 2. The highest BCUT2D eigenvalue weighted by Gasteiger charge is 2.30. The number of carbonyl (C=O) groups is 2. The van der Waals surface area contributed by atoms with Crippen molar-refractivity contribution in [3.8, 4) is 5.75 Å². The highest BCUT2D eigenvalue weighted by atomic mass is 16.5. The molecule has 6 heteroatoms. The van der Waals surface area contributed by atoms with Crippen molar-refractivity contribution in [3.05, 3.63) is 60.2 Å². The number of urea groups is 1. The molecule has 25 heavy (non-hydrogen) atoms. The van der Waals surface area contributed by atoms with Crippen molar-refractivity contribution in [1.29, 1.82) is 0 Å². The third-order valence-electron chi connectivity index (χ3n) is 4.12. The molecular weight excluding hydrogens is 318 g/mol. The van der Waals surface area contributed by atoms with E-state index in [-0.39, 0.29) is 18.5 Å². The zero-order valence-corrected chi connectivity index (χ0v) is 14.1. The second-order valence-electron chi connectivity index (χ2n) is 5.82. The minimum atomic E-state index is -0.175. The summed E-state index contributed by atoms with van der Waals surface area (Å²) in [5.74, 6) is 0.575. The number of nitrogens with one attached hydrogen (secondary N) is 1. The van der Waals surface area contributed by atoms with Crippen LogP contribution in [0.15, 0.2) is 54.6 Å². The smallest absolute Gasteiger partial charge is 0.325 e. The van der Waals surface area contributed by atoms with Crippen LogP contribution in [0.5, 0.6) is 5.75 Å². The largest absolute Gasteiger partial charge is 0.497 e. The van der Waals surface area contributed by atoms with Crippen LogP contribution in [-0.4, -0.2) is 43.6 Å². The Labute approximate surface area is 147 Å². The zero-order chi connectivity index (χ0) is 17.6. The van der Waals surface area contributed by atoms with Gasteiger partial charge in [-0.05, 0) is 29.8 Å². The maximum absolute atomic E-state index is 12.5. The van der Waals surface area contributed by atoms with Crippen molar-refractivity contribution in [2.75, 3.05) is 31.6 Å². The molecule has 0 aliphatic carbocycles. The van der Waals surface area contributed by atoms with Gasteiger partial charge in [0.25, 0.3) is 0 Å². The van der Waals surface area contributed by atoms with Gasteiger partial charge in [-0.25, -0.2) is 4.79 Å². The molecule has 1 heterocycles. The third-order valence-corrected chi connectivity index (χ3v) is 4.12.